The molecule has 0 spiro atoms. The van der Waals surface area contributed by atoms with Crippen molar-refractivity contribution in [2.45, 2.75) is 27.2 Å². The Balaban J connectivity index is 2.68. The fraction of sp³-hybridized carbons (Fsp3) is 0.357. The lowest BCUT2D eigenvalue weighted by Gasteiger charge is -2.09. The molecule has 0 saturated heterocycles. The Bertz CT molecular complexity index is 605. The molecule has 1 aromatic carbocycles. The van der Waals surface area contributed by atoms with Gasteiger partial charge < -0.3 is 5.73 Å². The number of rotatable bonds is 3. The van der Waals surface area contributed by atoms with Crippen molar-refractivity contribution < 1.29 is 4.79 Å². The second-order valence-corrected chi connectivity index (χ2v) is 4.98. The van der Waals surface area contributed by atoms with Crippen LogP contribution in [-0.2, 0) is 6.42 Å². The van der Waals surface area contributed by atoms with E-state index in [0.717, 1.165) is 28.6 Å². The SMILES string of the molecule is Cc1ccc2nc(C(N)=O)nc(CC(C)C)c2c1. The van der Waals surface area contributed by atoms with Crippen LogP contribution in [0.2, 0.25) is 0 Å². The van der Waals surface area contributed by atoms with Crippen LogP contribution in [0.1, 0.15) is 35.7 Å². The van der Waals surface area contributed by atoms with Crippen molar-refractivity contribution >= 4 is 16.8 Å². The number of aromatic nitrogens is 2. The number of fused-ring (bicyclic) bond motifs is 1. The van der Waals surface area contributed by atoms with E-state index in [1.165, 1.54) is 0 Å². The Kier molecular flexibility index (Phi) is 3.28. The van der Waals surface area contributed by atoms with E-state index in [1.54, 1.807) is 0 Å². The monoisotopic (exact) mass is 243 g/mol. The van der Waals surface area contributed by atoms with Gasteiger partial charge in [-0.1, -0.05) is 25.5 Å². The van der Waals surface area contributed by atoms with Gasteiger partial charge in [-0.05, 0) is 31.4 Å². The van der Waals surface area contributed by atoms with Crippen LogP contribution >= 0.6 is 0 Å². The molecule has 1 heterocycles. The van der Waals surface area contributed by atoms with Gasteiger partial charge in [0.2, 0.25) is 5.82 Å². The number of primary amides is 1. The largest absolute Gasteiger partial charge is 0.363 e. The van der Waals surface area contributed by atoms with Crippen molar-refractivity contribution in [2.75, 3.05) is 0 Å². The van der Waals surface area contributed by atoms with E-state index < -0.39 is 5.91 Å². The van der Waals surface area contributed by atoms with Crippen molar-refractivity contribution in [1.29, 1.82) is 0 Å². The van der Waals surface area contributed by atoms with Gasteiger partial charge in [0.15, 0.2) is 0 Å². The molecule has 4 nitrogen and oxygen atoms in total. The highest BCUT2D eigenvalue weighted by Gasteiger charge is 2.12. The van der Waals surface area contributed by atoms with Gasteiger partial charge >= 0.3 is 0 Å². The first-order valence-corrected chi connectivity index (χ1v) is 6.04. The highest BCUT2D eigenvalue weighted by atomic mass is 16.1. The number of amides is 1. The molecule has 0 radical (unpaired) electrons. The van der Waals surface area contributed by atoms with E-state index in [4.69, 9.17) is 5.73 Å². The lowest BCUT2D eigenvalue weighted by Crippen LogP contribution is -2.17. The zero-order chi connectivity index (χ0) is 13.3. The average Bonchev–Trinajstić information content (AvgIpc) is 2.28. The summed E-state index contributed by atoms with van der Waals surface area (Å²) in [6.45, 7) is 6.27. The Labute approximate surface area is 106 Å². The normalized spacial score (nSPS) is 11.1. The third-order valence-electron chi connectivity index (χ3n) is 2.75. The molecule has 0 aliphatic rings. The van der Waals surface area contributed by atoms with Crippen LogP contribution < -0.4 is 5.73 Å². The zero-order valence-corrected chi connectivity index (χ0v) is 10.9. The minimum Gasteiger partial charge on any atom is -0.363 e. The Hall–Kier alpha value is -1.97. The minimum absolute atomic E-state index is 0.0991. The van der Waals surface area contributed by atoms with E-state index >= 15 is 0 Å². The summed E-state index contributed by atoms with van der Waals surface area (Å²) in [6.07, 6.45) is 0.808. The fourth-order valence-electron chi connectivity index (χ4n) is 1.96. The van der Waals surface area contributed by atoms with Crippen molar-refractivity contribution in [3.05, 3.63) is 35.3 Å². The molecule has 18 heavy (non-hydrogen) atoms. The topological polar surface area (TPSA) is 68.9 Å². The molecule has 0 bridgehead atoms. The molecule has 1 amide bonds. The van der Waals surface area contributed by atoms with Crippen LogP contribution in [0.5, 0.6) is 0 Å². The predicted molar refractivity (Wildman–Crippen MR) is 71.3 cm³/mol. The van der Waals surface area contributed by atoms with Crippen LogP contribution in [0.3, 0.4) is 0 Å². The van der Waals surface area contributed by atoms with Gasteiger partial charge in [0.1, 0.15) is 0 Å². The highest BCUT2D eigenvalue weighted by Crippen LogP contribution is 2.20. The van der Waals surface area contributed by atoms with Crippen molar-refractivity contribution in [3.63, 3.8) is 0 Å². The smallest absolute Gasteiger partial charge is 0.286 e. The van der Waals surface area contributed by atoms with Gasteiger partial charge in [0.05, 0.1) is 11.2 Å². The molecule has 0 aliphatic heterocycles. The van der Waals surface area contributed by atoms with Gasteiger partial charge in [0.25, 0.3) is 5.91 Å². The summed E-state index contributed by atoms with van der Waals surface area (Å²) in [6, 6.07) is 5.93. The van der Waals surface area contributed by atoms with Crippen LogP contribution in [0, 0.1) is 12.8 Å². The summed E-state index contributed by atoms with van der Waals surface area (Å²) in [7, 11) is 0. The summed E-state index contributed by atoms with van der Waals surface area (Å²) in [5.41, 5.74) is 8.10. The Morgan fingerprint density at radius 2 is 2.06 bits per heavy atom. The quantitative estimate of drug-likeness (QED) is 0.898. The fourth-order valence-corrected chi connectivity index (χ4v) is 1.96. The molecular formula is C14H17N3O. The van der Waals surface area contributed by atoms with E-state index in [0.29, 0.717) is 5.92 Å². The Morgan fingerprint density at radius 1 is 1.33 bits per heavy atom. The highest BCUT2D eigenvalue weighted by molar-refractivity contribution is 5.92. The lowest BCUT2D eigenvalue weighted by atomic mass is 10.0. The molecule has 1 aromatic heterocycles. The molecule has 0 aliphatic carbocycles. The number of hydrogen-bond acceptors (Lipinski definition) is 3. The van der Waals surface area contributed by atoms with Crippen LogP contribution in [0.15, 0.2) is 18.2 Å². The molecule has 2 N–H and O–H groups in total. The second kappa shape index (κ2) is 4.72. The third kappa shape index (κ3) is 2.47. The number of nitrogens with two attached hydrogens (primary N) is 1. The zero-order valence-electron chi connectivity index (χ0n) is 10.9. The predicted octanol–water partition coefficient (Wildman–Crippen LogP) is 2.24. The number of benzene rings is 1. The molecule has 94 valence electrons. The molecule has 2 aromatic rings. The number of carbonyl (C=O) groups is 1. The third-order valence-corrected chi connectivity index (χ3v) is 2.75. The van der Waals surface area contributed by atoms with Crippen molar-refractivity contribution in [2.24, 2.45) is 11.7 Å². The maximum atomic E-state index is 11.2. The first-order chi connectivity index (χ1) is 8.47. The van der Waals surface area contributed by atoms with E-state index in [-0.39, 0.29) is 5.82 Å². The first kappa shape index (κ1) is 12.5. The second-order valence-electron chi connectivity index (χ2n) is 4.98. The number of carbonyl (C=O) groups excluding carboxylic acids is 1. The van der Waals surface area contributed by atoms with Crippen LogP contribution in [0.25, 0.3) is 10.9 Å². The standard InChI is InChI=1S/C14H17N3O/c1-8(2)6-12-10-7-9(3)4-5-11(10)16-14(17-12)13(15)18/h4-5,7-8H,6H2,1-3H3,(H2,15,18). The summed E-state index contributed by atoms with van der Waals surface area (Å²) in [5, 5.41) is 1.01. The molecule has 2 rings (SSSR count). The Morgan fingerprint density at radius 3 is 2.67 bits per heavy atom. The maximum absolute atomic E-state index is 11.2. The average molecular weight is 243 g/mol. The van der Waals surface area contributed by atoms with Gasteiger partial charge in [-0.25, -0.2) is 9.97 Å². The molecular weight excluding hydrogens is 226 g/mol. The number of hydrogen-bond donors (Lipinski definition) is 1. The summed E-state index contributed by atoms with van der Waals surface area (Å²) in [5.74, 6) is -0.0196. The molecule has 0 fully saturated rings. The van der Waals surface area contributed by atoms with E-state index in [1.807, 2.05) is 19.1 Å². The van der Waals surface area contributed by atoms with Gasteiger partial charge in [-0.3, -0.25) is 4.79 Å². The summed E-state index contributed by atoms with van der Waals surface area (Å²) < 4.78 is 0. The molecule has 0 saturated carbocycles. The van der Waals surface area contributed by atoms with Crippen LogP contribution in [0.4, 0.5) is 0 Å². The van der Waals surface area contributed by atoms with Gasteiger partial charge in [0, 0.05) is 5.39 Å². The lowest BCUT2D eigenvalue weighted by molar-refractivity contribution is 0.0990. The molecule has 0 unspecified atom stereocenters. The maximum Gasteiger partial charge on any atom is 0.286 e. The van der Waals surface area contributed by atoms with E-state index in [9.17, 15) is 4.79 Å². The summed E-state index contributed by atoms with van der Waals surface area (Å²) in [4.78, 5) is 19.7. The van der Waals surface area contributed by atoms with Crippen molar-refractivity contribution in [3.8, 4) is 0 Å². The van der Waals surface area contributed by atoms with Crippen LogP contribution in [-0.4, -0.2) is 15.9 Å². The van der Waals surface area contributed by atoms with Gasteiger partial charge in [-0.2, -0.15) is 0 Å². The van der Waals surface area contributed by atoms with Crippen molar-refractivity contribution in [1.82, 2.24) is 9.97 Å². The molecule has 4 heteroatoms. The van der Waals surface area contributed by atoms with E-state index in [2.05, 4.69) is 29.9 Å². The first-order valence-electron chi connectivity index (χ1n) is 6.04. The summed E-state index contributed by atoms with van der Waals surface area (Å²) >= 11 is 0. The number of aryl methyl sites for hydroxylation is 1. The number of nitrogens with zero attached hydrogens (tertiary/aromatic N) is 2. The molecule has 0 atom stereocenters. The minimum atomic E-state index is -0.581. The van der Waals surface area contributed by atoms with Gasteiger partial charge in [-0.15, -0.1) is 0 Å².